The number of amides is 1. The molecule has 2 N–H and O–H groups in total. The fourth-order valence-electron chi connectivity index (χ4n) is 5.03. The van der Waals surface area contributed by atoms with Crippen molar-refractivity contribution in [3.05, 3.63) is 54.1 Å². The molecule has 7 nitrogen and oxygen atoms in total. The first-order valence-electron chi connectivity index (χ1n) is 11.6. The molecule has 1 unspecified atom stereocenters. The summed E-state index contributed by atoms with van der Waals surface area (Å²) in [5, 5.41) is 14.5. The minimum atomic E-state index is -0.443. The fraction of sp³-hybridized carbons (Fsp3) is 0.400. The van der Waals surface area contributed by atoms with Crippen LogP contribution in [0.3, 0.4) is 0 Å². The van der Waals surface area contributed by atoms with Crippen molar-refractivity contribution in [3.8, 4) is 22.5 Å². The molecule has 7 heteroatoms. The van der Waals surface area contributed by atoms with Crippen molar-refractivity contribution in [2.45, 2.75) is 64.0 Å². The third kappa shape index (κ3) is 3.77. The second-order valence-corrected chi connectivity index (χ2v) is 8.86. The zero-order valence-corrected chi connectivity index (χ0v) is 18.5. The number of aromatic amines is 1. The van der Waals surface area contributed by atoms with Gasteiger partial charge >= 0.3 is 5.91 Å². The molecule has 1 aromatic heterocycles. The first-order valence-corrected chi connectivity index (χ1v) is 11.6. The molecule has 0 bridgehead atoms. The predicted octanol–water partition coefficient (Wildman–Crippen LogP) is 3.36. The quantitative estimate of drug-likeness (QED) is 0.603. The number of tetrazole rings is 1. The molecular weight excluding hydrogens is 400 g/mol. The van der Waals surface area contributed by atoms with E-state index in [0.29, 0.717) is 12.4 Å². The Morgan fingerprint density at radius 2 is 1.78 bits per heavy atom. The molecule has 164 valence electrons. The van der Waals surface area contributed by atoms with E-state index < -0.39 is 5.54 Å². The second kappa shape index (κ2) is 8.74. The van der Waals surface area contributed by atoms with Crippen molar-refractivity contribution in [1.29, 1.82) is 0 Å². The summed E-state index contributed by atoms with van der Waals surface area (Å²) < 4.78 is 0. The van der Waals surface area contributed by atoms with Crippen LogP contribution in [-0.2, 0) is 11.3 Å². The predicted molar refractivity (Wildman–Crippen MR) is 123 cm³/mol. The molecular formula is C25H29N6O+. The van der Waals surface area contributed by atoms with Crippen molar-refractivity contribution in [1.82, 2.24) is 20.6 Å². The third-order valence-corrected chi connectivity index (χ3v) is 6.75. The van der Waals surface area contributed by atoms with Crippen LogP contribution in [0.4, 0.5) is 0 Å². The minimum absolute atomic E-state index is 0.285. The van der Waals surface area contributed by atoms with E-state index in [1.165, 1.54) is 0 Å². The number of unbranched alkanes of at least 4 members (excludes halogenated alkanes) is 1. The number of benzene rings is 2. The largest absolute Gasteiger partial charge is 0.346 e. The Balaban J connectivity index is 1.38. The summed E-state index contributed by atoms with van der Waals surface area (Å²) >= 11 is 0. The Kier molecular flexibility index (Phi) is 5.66. The van der Waals surface area contributed by atoms with E-state index in [-0.39, 0.29) is 5.91 Å². The summed E-state index contributed by atoms with van der Waals surface area (Å²) in [6.07, 6.45) is 7.15. The average molecular weight is 430 g/mol. The maximum absolute atomic E-state index is 13.4. The van der Waals surface area contributed by atoms with Gasteiger partial charge in [0.15, 0.2) is 5.54 Å². The van der Waals surface area contributed by atoms with Crippen molar-refractivity contribution < 1.29 is 9.69 Å². The molecule has 32 heavy (non-hydrogen) atoms. The molecule has 1 amide bonds. The van der Waals surface area contributed by atoms with Gasteiger partial charge in [0, 0.05) is 17.5 Å². The molecule has 1 spiro atoms. The lowest BCUT2D eigenvalue weighted by atomic mass is 9.97. The van der Waals surface area contributed by atoms with Gasteiger partial charge in [-0.15, -0.1) is 10.2 Å². The van der Waals surface area contributed by atoms with Gasteiger partial charge in [-0.3, -0.25) is 0 Å². The molecule has 2 aliphatic rings. The van der Waals surface area contributed by atoms with Crippen LogP contribution in [0, 0.1) is 0 Å². The summed E-state index contributed by atoms with van der Waals surface area (Å²) in [6.45, 7) is 2.85. The molecule has 1 fully saturated rings. The number of rotatable bonds is 7. The number of H-pyrrole nitrogens is 1. The Morgan fingerprint density at radius 1 is 1.03 bits per heavy atom. The second-order valence-electron chi connectivity index (χ2n) is 8.86. The lowest BCUT2D eigenvalue weighted by molar-refractivity contribution is -0.735. The molecule has 1 aliphatic carbocycles. The highest BCUT2D eigenvalue weighted by Crippen LogP contribution is 2.35. The monoisotopic (exact) mass is 429 g/mol. The molecule has 2 heterocycles. The number of hydrogen-bond donors (Lipinski definition) is 2. The van der Waals surface area contributed by atoms with E-state index in [4.69, 9.17) is 4.99 Å². The number of nitrogens with one attached hydrogen (secondary N) is 2. The Labute approximate surface area is 188 Å². The molecule has 1 aliphatic heterocycles. The van der Waals surface area contributed by atoms with Gasteiger partial charge in [0.25, 0.3) is 0 Å². The summed E-state index contributed by atoms with van der Waals surface area (Å²) in [7, 11) is 0. The summed E-state index contributed by atoms with van der Waals surface area (Å²) in [6, 6.07) is 16.5. The van der Waals surface area contributed by atoms with Crippen LogP contribution in [-0.4, -0.2) is 37.9 Å². The van der Waals surface area contributed by atoms with Crippen LogP contribution < -0.4 is 4.90 Å². The fourth-order valence-corrected chi connectivity index (χ4v) is 5.03. The van der Waals surface area contributed by atoms with Gasteiger partial charge in [-0.1, -0.05) is 74.7 Å². The highest BCUT2D eigenvalue weighted by molar-refractivity contribution is 5.96. The number of carbonyl (C=O) groups excluding carboxylic acids is 1. The van der Waals surface area contributed by atoms with Crippen LogP contribution in [0.5, 0.6) is 0 Å². The highest BCUT2D eigenvalue weighted by atomic mass is 16.2. The van der Waals surface area contributed by atoms with Crippen LogP contribution in [0.2, 0.25) is 0 Å². The number of aliphatic imine (C=N–C) groups is 1. The molecule has 1 saturated carbocycles. The smallest absolute Gasteiger partial charge is 0.228 e. The maximum atomic E-state index is 13.4. The summed E-state index contributed by atoms with van der Waals surface area (Å²) in [4.78, 5) is 19.4. The van der Waals surface area contributed by atoms with E-state index in [2.05, 4.69) is 57.9 Å². The number of aromatic nitrogens is 4. The number of nitrogens with zero attached hydrogens (tertiary/aromatic N) is 4. The van der Waals surface area contributed by atoms with E-state index in [1.54, 1.807) is 0 Å². The number of carbonyl (C=O) groups is 1. The molecule has 2 aromatic carbocycles. The van der Waals surface area contributed by atoms with E-state index in [9.17, 15) is 4.79 Å². The first-order chi connectivity index (χ1) is 15.7. The van der Waals surface area contributed by atoms with Gasteiger partial charge in [-0.05, 0) is 35.6 Å². The van der Waals surface area contributed by atoms with Crippen molar-refractivity contribution in [2.75, 3.05) is 0 Å². The van der Waals surface area contributed by atoms with E-state index in [1.807, 2.05) is 18.2 Å². The molecule has 0 radical (unpaired) electrons. The van der Waals surface area contributed by atoms with Crippen LogP contribution in [0.25, 0.3) is 22.5 Å². The topological polar surface area (TPSA) is 88.3 Å². The standard InChI is InChI=1S/C25H28N6O/c1-2-3-10-22-26-25(15-6-7-16-25)24(32)31(22)17-18-11-13-19(14-12-18)20-8-4-5-9-21(20)23-27-29-30-28-23/h4-5,8-9,11-14H,2-3,6-7,10,15-17H2,1H3,(H,27,28,29,30)/p+1. The zero-order valence-electron chi connectivity index (χ0n) is 18.5. The highest BCUT2D eigenvalue weighted by Gasteiger charge is 2.53. The lowest BCUT2D eigenvalue weighted by Gasteiger charge is -2.17. The number of amidine groups is 1. The minimum Gasteiger partial charge on any atom is -0.228 e. The molecule has 0 saturated heterocycles. The number of quaternary nitrogens is 1. The molecule has 3 aromatic rings. The Morgan fingerprint density at radius 3 is 2.47 bits per heavy atom. The van der Waals surface area contributed by atoms with Crippen LogP contribution in [0.15, 0.2) is 53.5 Å². The lowest BCUT2D eigenvalue weighted by Crippen LogP contribution is -3.15. The van der Waals surface area contributed by atoms with Gasteiger partial charge in [-0.2, -0.15) is 5.21 Å². The SMILES string of the molecule is CCCCC1=NC2(CCCC2)C(=O)[NH+]1Cc1ccc(-c2ccccc2-c2nn[nH]n2)cc1. The average Bonchev–Trinajstić information content (AvgIpc) is 3.58. The van der Waals surface area contributed by atoms with Crippen LogP contribution >= 0.6 is 0 Å². The van der Waals surface area contributed by atoms with Gasteiger partial charge in [-0.25, -0.2) is 14.7 Å². The normalized spacial score (nSPS) is 19.6. The zero-order chi connectivity index (χ0) is 22.0. The van der Waals surface area contributed by atoms with Gasteiger partial charge in [0.1, 0.15) is 6.54 Å². The maximum Gasteiger partial charge on any atom is 0.346 e. The Bertz CT molecular complexity index is 1110. The third-order valence-electron chi connectivity index (χ3n) is 6.75. The van der Waals surface area contributed by atoms with Crippen molar-refractivity contribution in [3.63, 3.8) is 0 Å². The molecule has 1 atom stereocenters. The number of hydrogen-bond acceptors (Lipinski definition) is 5. The van der Waals surface area contributed by atoms with Gasteiger partial charge in [0.2, 0.25) is 11.7 Å². The van der Waals surface area contributed by atoms with E-state index >= 15 is 0 Å². The summed E-state index contributed by atoms with van der Waals surface area (Å²) in [5.41, 5.74) is 3.78. The van der Waals surface area contributed by atoms with Crippen molar-refractivity contribution >= 4 is 11.7 Å². The van der Waals surface area contributed by atoms with Gasteiger partial charge in [0.05, 0.1) is 0 Å². The molecule has 5 rings (SSSR count). The van der Waals surface area contributed by atoms with Crippen LogP contribution in [0.1, 0.15) is 57.4 Å². The van der Waals surface area contributed by atoms with E-state index in [0.717, 1.165) is 77.9 Å². The Hall–Kier alpha value is -3.19. The van der Waals surface area contributed by atoms with Gasteiger partial charge < -0.3 is 0 Å². The first kappa shape index (κ1) is 20.7. The summed E-state index contributed by atoms with van der Waals surface area (Å²) in [5.74, 6) is 1.92. The van der Waals surface area contributed by atoms with Crippen molar-refractivity contribution in [2.24, 2.45) is 4.99 Å².